The van der Waals surface area contributed by atoms with Crippen LogP contribution in [0.15, 0.2) is 41.3 Å². The number of thiazole rings is 1. The largest absolute Gasteiger partial charge is 0.274 e. The summed E-state index contributed by atoms with van der Waals surface area (Å²) in [5.41, 5.74) is 1.56. The molecule has 1 aromatic heterocycles. The first-order chi connectivity index (χ1) is 13.2. The van der Waals surface area contributed by atoms with Gasteiger partial charge in [0.1, 0.15) is 0 Å². The maximum absolute atomic E-state index is 12.7. The number of aryl methyl sites for hydroxylation is 1. The number of carbonyl (C=O) groups excluding carboxylic acids is 2. The fourth-order valence-electron chi connectivity index (χ4n) is 3.01. The highest BCUT2D eigenvalue weighted by molar-refractivity contribution is 7.93. The van der Waals surface area contributed by atoms with Gasteiger partial charge >= 0.3 is 0 Å². The first-order valence-corrected chi connectivity index (χ1v) is 11.0. The molecule has 0 bridgehead atoms. The van der Waals surface area contributed by atoms with Crippen LogP contribution in [0.4, 0.5) is 10.8 Å². The van der Waals surface area contributed by atoms with Crippen LogP contribution in [0.3, 0.4) is 0 Å². The third-order valence-electron chi connectivity index (χ3n) is 4.34. The van der Waals surface area contributed by atoms with Gasteiger partial charge in [0.05, 0.1) is 20.8 Å². The van der Waals surface area contributed by atoms with Gasteiger partial charge in [-0.05, 0) is 48.9 Å². The summed E-state index contributed by atoms with van der Waals surface area (Å²) in [5.74, 6) is -0.565. The van der Waals surface area contributed by atoms with Crippen LogP contribution in [0.1, 0.15) is 18.4 Å². The van der Waals surface area contributed by atoms with Gasteiger partial charge in [-0.3, -0.25) is 19.2 Å². The SMILES string of the molecule is Cc1cc(S(=O)(=O)Nc2nc3ccc(Cl)cc3s2)ccc1N1C(=O)CCC1=O. The van der Waals surface area contributed by atoms with Gasteiger partial charge in [0.2, 0.25) is 11.8 Å². The quantitative estimate of drug-likeness (QED) is 0.630. The number of nitrogens with one attached hydrogen (secondary N) is 1. The van der Waals surface area contributed by atoms with Gasteiger partial charge in [-0.25, -0.2) is 13.4 Å². The van der Waals surface area contributed by atoms with E-state index in [1.165, 1.54) is 29.5 Å². The minimum Gasteiger partial charge on any atom is -0.274 e. The fourth-order valence-corrected chi connectivity index (χ4v) is 5.47. The van der Waals surface area contributed by atoms with E-state index in [0.29, 0.717) is 21.8 Å². The summed E-state index contributed by atoms with van der Waals surface area (Å²) in [5, 5.41) is 0.770. The lowest BCUT2D eigenvalue weighted by atomic mass is 10.2. The van der Waals surface area contributed by atoms with E-state index in [2.05, 4.69) is 9.71 Å². The molecular formula is C18H14ClN3O4S2. The van der Waals surface area contributed by atoms with Crippen molar-refractivity contribution in [3.05, 3.63) is 47.0 Å². The number of aromatic nitrogens is 1. The second kappa shape index (κ2) is 6.84. The Morgan fingerprint density at radius 2 is 1.82 bits per heavy atom. The van der Waals surface area contributed by atoms with E-state index in [-0.39, 0.29) is 34.7 Å². The Balaban J connectivity index is 1.64. The fraction of sp³-hybridized carbons (Fsp3) is 0.167. The number of sulfonamides is 1. The van der Waals surface area contributed by atoms with Gasteiger partial charge in [0.15, 0.2) is 5.13 Å². The van der Waals surface area contributed by atoms with E-state index in [9.17, 15) is 18.0 Å². The van der Waals surface area contributed by atoms with E-state index in [1.807, 2.05) is 0 Å². The van der Waals surface area contributed by atoms with Crippen molar-refractivity contribution < 1.29 is 18.0 Å². The summed E-state index contributed by atoms with van der Waals surface area (Å²) in [6, 6.07) is 9.40. The van der Waals surface area contributed by atoms with E-state index < -0.39 is 10.0 Å². The average Bonchev–Trinajstić information content (AvgIpc) is 3.16. The molecule has 1 N–H and O–H groups in total. The number of halogens is 1. The summed E-state index contributed by atoms with van der Waals surface area (Å²) in [6.45, 7) is 1.66. The number of carbonyl (C=O) groups is 2. The van der Waals surface area contributed by atoms with Crippen molar-refractivity contribution in [3.8, 4) is 0 Å². The maximum Gasteiger partial charge on any atom is 0.263 e. The first-order valence-electron chi connectivity index (χ1n) is 8.30. The number of anilines is 2. The van der Waals surface area contributed by atoms with Crippen LogP contribution in [0.25, 0.3) is 10.2 Å². The minimum absolute atomic E-state index is 0.0186. The Hall–Kier alpha value is -2.49. The molecule has 2 amide bonds. The highest BCUT2D eigenvalue weighted by Gasteiger charge is 2.31. The van der Waals surface area contributed by atoms with Crippen molar-refractivity contribution in [2.75, 3.05) is 9.62 Å². The maximum atomic E-state index is 12.7. The summed E-state index contributed by atoms with van der Waals surface area (Å²) in [6.07, 6.45) is 0.336. The molecule has 144 valence electrons. The number of imide groups is 1. The zero-order chi connectivity index (χ0) is 20.1. The molecule has 28 heavy (non-hydrogen) atoms. The third-order valence-corrected chi connectivity index (χ3v) is 6.98. The van der Waals surface area contributed by atoms with E-state index in [1.54, 1.807) is 25.1 Å². The molecule has 1 aliphatic heterocycles. The molecule has 0 atom stereocenters. The van der Waals surface area contributed by atoms with Gasteiger partial charge in [-0.2, -0.15) is 0 Å². The van der Waals surface area contributed by atoms with Crippen LogP contribution in [0.2, 0.25) is 5.02 Å². The number of rotatable bonds is 4. The van der Waals surface area contributed by atoms with Gasteiger partial charge in [0, 0.05) is 17.9 Å². The number of benzene rings is 2. The van der Waals surface area contributed by atoms with Crippen LogP contribution in [0.5, 0.6) is 0 Å². The standard InChI is InChI=1S/C18H14ClN3O4S2/c1-10-8-12(3-5-14(10)22-16(23)6-7-17(22)24)28(25,26)21-18-20-13-4-2-11(19)9-15(13)27-18/h2-5,8-9H,6-7H2,1H3,(H,20,21). The molecule has 4 rings (SSSR count). The molecule has 0 unspecified atom stereocenters. The molecule has 0 aliphatic carbocycles. The normalized spacial score (nSPS) is 14.9. The Labute approximate surface area is 170 Å². The second-order valence-corrected chi connectivity index (χ2v) is 9.46. The van der Waals surface area contributed by atoms with Crippen molar-refractivity contribution in [2.24, 2.45) is 0 Å². The van der Waals surface area contributed by atoms with Crippen molar-refractivity contribution in [1.82, 2.24) is 4.98 Å². The third kappa shape index (κ3) is 3.36. The Morgan fingerprint density at radius 1 is 1.11 bits per heavy atom. The molecule has 0 radical (unpaired) electrons. The van der Waals surface area contributed by atoms with Crippen LogP contribution < -0.4 is 9.62 Å². The molecule has 1 aliphatic rings. The smallest absolute Gasteiger partial charge is 0.263 e. The highest BCUT2D eigenvalue weighted by atomic mass is 35.5. The lowest BCUT2D eigenvalue weighted by Gasteiger charge is -2.17. The summed E-state index contributed by atoms with van der Waals surface area (Å²) in [4.78, 5) is 29.2. The molecule has 7 nitrogen and oxygen atoms in total. The summed E-state index contributed by atoms with van der Waals surface area (Å²) < 4.78 is 28.7. The van der Waals surface area contributed by atoms with Gasteiger partial charge < -0.3 is 0 Å². The Kier molecular flexibility index (Phi) is 4.60. The monoisotopic (exact) mass is 435 g/mol. The van der Waals surface area contributed by atoms with Gasteiger partial charge in [0.25, 0.3) is 10.0 Å². The zero-order valence-electron chi connectivity index (χ0n) is 14.6. The predicted molar refractivity (Wildman–Crippen MR) is 108 cm³/mol. The number of fused-ring (bicyclic) bond motifs is 1. The van der Waals surface area contributed by atoms with E-state index in [0.717, 1.165) is 9.60 Å². The van der Waals surface area contributed by atoms with Gasteiger partial charge in [-0.1, -0.05) is 22.9 Å². The van der Waals surface area contributed by atoms with Crippen molar-refractivity contribution in [2.45, 2.75) is 24.7 Å². The topological polar surface area (TPSA) is 96.4 Å². The van der Waals surface area contributed by atoms with Crippen LogP contribution >= 0.6 is 22.9 Å². The molecular weight excluding hydrogens is 422 g/mol. The van der Waals surface area contributed by atoms with Crippen molar-refractivity contribution in [1.29, 1.82) is 0 Å². The number of nitrogens with zero attached hydrogens (tertiary/aromatic N) is 2. The van der Waals surface area contributed by atoms with Crippen LogP contribution in [-0.2, 0) is 19.6 Å². The lowest BCUT2D eigenvalue weighted by Crippen LogP contribution is -2.29. The Morgan fingerprint density at radius 3 is 2.50 bits per heavy atom. The van der Waals surface area contributed by atoms with Crippen LogP contribution in [0, 0.1) is 6.92 Å². The molecule has 0 spiro atoms. The summed E-state index contributed by atoms with van der Waals surface area (Å²) >= 11 is 7.13. The van der Waals surface area contributed by atoms with E-state index in [4.69, 9.17) is 11.6 Å². The minimum atomic E-state index is -3.88. The average molecular weight is 436 g/mol. The highest BCUT2D eigenvalue weighted by Crippen LogP contribution is 2.31. The predicted octanol–water partition coefficient (Wildman–Crippen LogP) is 3.71. The molecule has 2 aromatic carbocycles. The van der Waals surface area contributed by atoms with Crippen molar-refractivity contribution in [3.63, 3.8) is 0 Å². The first kappa shape index (κ1) is 18.9. The number of hydrogen-bond acceptors (Lipinski definition) is 6. The van der Waals surface area contributed by atoms with Gasteiger partial charge in [-0.15, -0.1) is 0 Å². The lowest BCUT2D eigenvalue weighted by molar-refractivity contribution is -0.121. The van der Waals surface area contributed by atoms with Crippen LogP contribution in [-0.4, -0.2) is 25.2 Å². The number of hydrogen-bond donors (Lipinski definition) is 1. The number of amides is 2. The molecule has 1 saturated heterocycles. The molecule has 1 fully saturated rings. The van der Waals surface area contributed by atoms with E-state index >= 15 is 0 Å². The molecule has 0 saturated carbocycles. The molecule has 2 heterocycles. The Bertz CT molecular complexity index is 1220. The second-order valence-electron chi connectivity index (χ2n) is 6.31. The molecule has 10 heteroatoms. The zero-order valence-corrected chi connectivity index (χ0v) is 17.0. The van der Waals surface area contributed by atoms with Crippen molar-refractivity contribution >= 4 is 65.8 Å². The summed E-state index contributed by atoms with van der Waals surface area (Å²) in [7, 11) is -3.88. The molecule has 3 aromatic rings.